The molecule has 2 bridgehead atoms. The van der Waals surface area contributed by atoms with Gasteiger partial charge in [0, 0.05) is 18.5 Å². The van der Waals surface area contributed by atoms with Crippen molar-refractivity contribution >= 4 is 0 Å². The van der Waals surface area contributed by atoms with Gasteiger partial charge >= 0.3 is 0 Å². The minimum Gasteiger partial charge on any atom is -0.311 e. The van der Waals surface area contributed by atoms with Crippen molar-refractivity contribution in [2.24, 2.45) is 5.92 Å². The van der Waals surface area contributed by atoms with E-state index in [0.717, 1.165) is 13.0 Å². The fraction of sp³-hybridized carbons (Fsp3) is 1.00. The second-order valence-electron chi connectivity index (χ2n) is 2.45. The van der Waals surface area contributed by atoms with Crippen LogP contribution in [0.3, 0.4) is 0 Å². The van der Waals surface area contributed by atoms with Crippen LogP contribution >= 0.6 is 0 Å². The van der Waals surface area contributed by atoms with E-state index in [1.165, 1.54) is 0 Å². The summed E-state index contributed by atoms with van der Waals surface area (Å²) in [4.78, 5) is 0. The van der Waals surface area contributed by atoms with E-state index in [1.54, 1.807) is 0 Å². The van der Waals surface area contributed by atoms with Gasteiger partial charge in [0.25, 0.3) is 0 Å². The summed E-state index contributed by atoms with van der Waals surface area (Å²) in [7, 11) is 0. The predicted molar refractivity (Wildman–Crippen MR) is 24.8 cm³/mol. The molecule has 3 aliphatic rings. The van der Waals surface area contributed by atoms with Crippen molar-refractivity contribution in [2.45, 2.75) is 18.6 Å². The Labute approximate surface area is 41.9 Å². The molecule has 1 nitrogen and oxygen atoms in total. The quantitative estimate of drug-likeness (QED) is 0.463. The molecule has 0 radical (unpaired) electrons. The highest BCUT2D eigenvalue weighted by molar-refractivity contribution is 5.02. The van der Waals surface area contributed by atoms with Crippen molar-refractivity contribution in [2.75, 3.05) is 6.54 Å². The third-order valence-electron chi connectivity index (χ3n) is 2.03. The van der Waals surface area contributed by atoms with E-state index in [1.807, 2.05) is 0 Å². The molecule has 0 amide bonds. The topological polar surface area (TPSA) is 12.0 Å². The summed E-state index contributed by atoms with van der Waals surface area (Å²) in [6.07, 6.45) is 0.584. The Morgan fingerprint density at radius 1 is 1.57 bits per heavy atom. The highest BCUT2D eigenvalue weighted by Gasteiger charge is 2.46. The highest BCUT2D eigenvalue weighted by Crippen LogP contribution is 2.35. The molecule has 2 heterocycles. The van der Waals surface area contributed by atoms with Crippen LogP contribution in [-0.2, 0) is 0 Å². The Kier molecular flexibility index (Phi) is 0.546. The Bertz CT molecular complexity index is 80.1. The molecule has 2 saturated heterocycles. The number of hydrogen-bond acceptors (Lipinski definition) is 1. The van der Waals surface area contributed by atoms with Crippen LogP contribution in [0.25, 0.3) is 0 Å². The smallest absolute Gasteiger partial charge is 0.119 e. The molecule has 7 heavy (non-hydrogen) atoms. The van der Waals surface area contributed by atoms with Crippen LogP contribution in [0.5, 0.6) is 0 Å². The number of halogens is 1. The number of fused-ring (bicyclic) bond motifs is 1. The average Bonchev–Trinajstić information content (AvgIpc) is 2.18. The second kappa shape index (κ2) is 0.996. The number of hydrogen-bond donors (Lipinski definition) is 1. The number of rotatable bonds is 0. The molecule has 3 atom stereocenters. The molecule has 1 N–H and O–H groups in total. The van der Waals surface area contributed by atoms with Crippen molar-refractivity contribution in [3.8, 4) is 0 Å². The summed E-state index contributed by atoms with van der Waals surface area (Å²) in [5, 5.41) is 3.07. The van der Waals surface area contributed by atoms with Crippen molar-refractivity contribution in [1.82, 2.24) is 5.32 Å². The normalized spacial score (nSPS) is 57.0. The predicted octanol–water partition coefficient (Wildman–Crippen LogP) is 0.316. The van der Waals surface area contributed by atoms with Crippen molar-refractivity contribution in [3.05, 3.63) is 0 Å². The lowest BCUT2D eigenvalue weighted by Gasteiger charge is -2.26. The molecule has 1 aliphatic carbocycles. The molecule has 40 valence electrons. The van der Waals surface area contributed by atoms with Crippen LogP contribution in [0.1, 0.15) is 6.42 Å². The van der Waals surface area contributed by atoms with Gasteiger partial charge in [-0.25, -0.2) is 4.39 Å². The first-order valence-electron chi connectivity index (χ1n) is 2.75. The average molecular weight is 101 g/mol. The number of alkyl halides is 1. The molecule has 0 aromatic rings. The zero-order valence-corrected chi connectivity index (χ0v) is 4.02. The maximum absolute atomic E-state index is 12.3. The molecule has 1 saturated carbocycles. The second-order valence-corrected chi connectivity index (χ2v) is 2.45. The van der Waals surface area contributed by atoms with Gasteiger partial charge in [-0.3, -0.25) is 0 Å². The van der Waals surface area contributed by atoms with Crippen LogP contribution in [0, 0.1) is 5.92 Å². The standard InChI is InChI=1S/C5H8FN/c6-5-3-1-4(5)7-2-3/h3-5,7H,1-2H2. The van der Waals surface area contributed by atoms with Gasteiger partial charge in [0.15, 0.2) is 0 Å². The van der Waals surface area contributed by atoms with Crippen LogP contribution in [0.4, 0.5) is 4.39 Å². The maximum atomic E-state index is 12.3. The van der Waals surface area contributed by atoms with Gasteiger partial charge < -0.3 is 5.32 Å². The van der Waals surface area contributed by atoms with E-state index in [0.29, 0.717) is 5.92 Å². The van der Waals surface area contributed by atoms with Crippen LogP contribution in [0.15, 0.2) is 0 Å². The summed E-state index contributed by atoms with van der Waals surface area (Å²) in [5.74, 6) is 0.380. The third kappa shape index (κ3) is 0.312. The van der Waals surface area contributed by atoms with Gasteiger partial charge in [0.05, 0.1) is 0 Å². The lowest BCUT2D eigenvalue weighted by atomic mass is 9.84. The van der Waals surface area contributed by atoms with Crippen molar-refractivity contribution in [1.29, 1.82) is 0 Å². The molecule has 0 aromatic carbocycles. The van der Waals surface area contributed by atoms with Crippen LogP contribution in [-0.4, -0.2) is 18.8 Å². The fourth-order valence-electron chi connectivity index (χ4n) is 1.41. The summed E-state index contributed by atoms with van der Waals surface area (Å²) in [6.45, 7) is 0.922. The minimum absolute atomic E-state index is 0.241. The molecule has 0 aromatic heterocycles. The minimum atomic E-state index is -0.500. The number of nitrogens with one attached hydrogen (secondary N) is 1. The molecule has 3 unspecified atom stereocenters. The summed E-state index contributed by atoms with van der Waals surface area (Å²) >= 11 is 0. The highest BCUT2D eigenvalue weighted by atomic mass is 19.1. The Hall–Kier alpha value is -0.110. The fourth-order valence-corrected chi connectivity index (χ4v) is 1.41. The van der Waals surface area contributed by atoms with E-state index in [-0.39, 0.29) is 6.04 Å². The van der Waals surface area contributed by atoms with Gasteiger partial charge in [-0.05, 0) is 6.42 Å². The molecule has 2 aliphatic heterocycles. The lowest BCUT2D eigenvalue weighted by molar-refractivity contribution is 0.141. The van der Waals surface area contributed by atoms with E-state index >= 15 is 0 Å². The summed E-state index contributed by atoms with van der Waals surface area (Å²) in [6, 6.07) is 0.241. The van der Waals surface area contributed by atoms with Gasteiger partial charge in [-0.15, -0.1) is 0 Å². The monoisotopic (exact) mass is 101 g/mol. The summed E-state index contributed by atoms with van der Waals surface area (Å²) < 4.78 is 12.3. The molecule has 0 spiro atoms. The zero-order chi connectivity index (χ0) is 4.85. The first-order valence-corrected chi connectivity index (χ1v) is 2.75. The van der Waals surface area contributed by atoms with Gasteiger partial charge in [0.1, 0.15) is 6.17 Å². The van der Waals surface area contributed by atoms with E-state index in [4.69, 9.17) is 0 Å². The molecular weight excluding hydrogens is 93.1 g/mol. The Morgan fingerprint density at radius 2 is 2.43 bits per heavy atom. The van der Waals surface area contributed by atoms with Gasteiger partial charge in [0.2, 0.25) is 0 Å². The first-order chi connectivity index (χ1) is 3.38. The largest absolute Gasteiger partial charge is 0.311 e. The van der Waals surface area contributed by atoms with Gasteiger partial charge in [-0.1, -0.05) is 0 Å². The molecule has 3 rings (SSSR count). The zero-order valence-electron chi connectivity index (χ0n) is 4.02. The van der Waals surface area contributed by atoms with Crippen molar-refractivity contribution in [3.63, 3.8) is 0 Å². The van der Waals surface area contributed by atoms with Gasteiger partial charge in [-0.2, -0.15) is 0 Å². The van der Waals surface area contributed by atoms with Crippen LogP contribution < -0.4 is 5.32 Å². The van der Waals surface area contributed by atoms with Crippen molar-refractivity contribution < 1.29 is 4.39 Å². The Morgan fingerprint density at radius 3 is 2.57 bits per heavy atom. The van der Waals surface area contributed by atoms with E-state index in [9.17, 15) is 4.39 Å². The summed E-state index contributed by atoms with van der Waals surface area (Å²) in [5.41, 5.74) is 0. The van der Waals surface area contributed by atoms with E-state index in [2.05, 4.69) is 5.32 Å². The first kappa shape index (κ1) is 3.84. The molecular formula is C5H8FN. The third-order valence-corrected chi connectivity index (χ3v) is 2.03. The lowest BCUT2D eigenvalue weighted by Crippen LogP contribution is -2.38. The Balaban J connectivity index is 2.14. The van der Waals surface area contributed by atoms with Crippen LogP contribution in [0.2, 0.25) is 0 Å². The maximum Gasteiger partial charge on any atom is 0.119 e. The SMILES string of the molecule is FC1C2CNC1C2. The molecule has 2 heteroatoms. The molecule has 3 fully saturated rings. The van der Waals surface area contributed by atoms with E-state index < -0.39 is 6.17 Å².